The molecule has 3 aromatic rings. The molecule has 0 aromatic heterocycles. The van der Waals surface area contributed by atoms with Crippen molar-refractivity contribution in [2.24, 2.45) is 0 Å². The number of aryl methyl sites for hydroxylation is 1. The number of carbonyl (C=O) groups is 1. The Kier molecular flexibility index (Phi) is 8.44. The molecular formula is C29H28F7N3O. The monoisotopic (exact) mass is 567 g/mol. The molecule has 0 spiro atoms. The van der Waals surface area contributed by atoms with Crippen LogP contribution in [0.15, 0.2) is 66.7 Å². The van der Waals surface area contributed by atoms with Crippen molar-refractivity contribution >= 4 is 11.6 Å². The SMILES string of the molecule is Cc1cc(F)ccc1N1CCN(Cc2ccccc2)CC1C(=O)N(C)Cc1cc(C(F)(F)F)cc(C(F)(F)F)c1. The lowest BCUT2D eigenvalue weighted by Crippen LogP contribution is -2.59. The number of carbonyl (C=O) groups excluding carboxylic acids is 1. The Morgan fingerprint density at radius 2 is 1.50 bits per heavy atom. The van der Waals surface area contributed by atoms with Gasteiger partial charge in [-0.05, 0) is 60.0 Å². The predicted molar refractivity (Wildman–Crippen MR) is 137 cm³/mol. The summed E-state index contributed by atoms with van der Waals surface area (Å²) in [4.78, 5) is 18.8. The number of alkyl halides is 6. The molecule has 3 aromatic carbocycles. The van der Waals surface area contributed by atoms with E-state index in [1.54, 1.807) is 13.0 Å². The zero-order valence-corrected chi connectivity index (χ0v) is 21.9. The number of likely N-dealkylation sites (N-methyl/N-ethyl adjacent to an activating group) is 1. The van der Waals surface area contributed by atoms with Crippen molar-refractivity contribution in [1.29, 1.82) is 0 Å². The second-order valence-electron chi connectivity index (χ2n) is 9.97. The van der Waals surface area contributed by atoms with Crippen LogP contribution in [0.2, 0.25) is 0 Å². The molecule has 4 nitrogen and oxygen atoms in total. The van der Waals surface area contributed by atoms with Gasteiger partial charge in [0.05, 0.1) is 11.1 Å². The molecule has 1 saturated heterocycles. The number of piperazine rings is 1. The fourth-order valence-electron chi connectivity index (χ4n) is 4.98. The summed E-state index contributed by atoms with van der Waals surface area (Å²) in [5.41, 5.74) is -0.908. The maximum atomic E-state index is 13.8. The van der Waals surface area contributed by atoms with E-state index in [9.17, 15) is 35.5 Å². The van der Waals surface area contributed by atoms with Gasteiger partial charge in [0.15, 0.2) is 0 Å². The minimum Gasteiger partial charge on any atom is -0.357 e. The first-order valence-corrected chi connectivity index (χ1v) is 12.5. The highest BCUT2D eigenvalue weighted by atomic mass is 19.4. The van der Waals surface area contributed by atoms with E-state index in [1.807, 2.05) is 35.2 Å². The van der Waals surface area contributed by atoms with E-state index in [-0.39, 0.29) is 18.2 Å². The predicted octanol–water partition coefficient (Wildman–Crippen LogP) is 6.52. The van der Waals surface area contributed by atoms with Gasteiger partial charge in [0.2, 0.25) is 5.91 Å². The summed E-state index contributed by atoms with van der Waals surface area (Å²) < 4.78 is 94.0. The zero-order valence-electron chi connectivity index (χ0n) is 21.9. The van der Waals surface area contributed by atoms with Crippen LogP contribution < -0.4 is 4.90 Å². The van der Waals surface area contributed by atoms with Crippen molar-refractivity contribution in [3.8, 4) is 0 Å². The highest BCUT2D eigenvalue weighted by Crippen LogP contribution is 2.36. The fraction of sp³-hybridized carbons (Fsp3) is 0.345. The molecule has 0 radical (unpaired) electrons. The van der Waals surface area contributed by atoms with Gasteiger partial charge < -0.3 is 9.80 Å². The van der Waals surface area contributed by atoms with Gasteiger partial charge in [0, 0.05) is 45.5 Å². The number of halogens is 7. The lowest BCUT2D eigenvalue weighted by Gasteiger charge is -2.43. The molecular weight excluding hydrogens is 539 g/mol. The first-order chi connectivity index (χ1) is 18.7. The molecule has 0 saturated carbocycles. The van der Waals surface area contributed by atoms with Gasteiger partial charge in [-0.2, -0.15) is 26.3 Å². The van der Waals surface area contributed by atoms with Crippen molar-refractivity contribution in [1.82, 2.24) is 9.80 Å². The lowest BCUT2D eigenvalue weighted by molar-refractivity contribution is -0.143. The van der Waals surface area contributed by atoms with E-state index < -0.39 is 47.8 Å². The number of nitrogens with zero attached hydrogens (tertiary/aromatic N) is 3. The van der Waals surface area contributed by atoms with Crippen LogP contribution in [0.4, 0.5) is 36.4 Å². The van der Waals surface area contributed by atoms with E-state index in [0.717, 1.165) is 10.5 Å². The minimum absolute atomic E-state index is 0.0625. The van der Waals surface area contributed by atoms with Crippen molar-refractivity contribution in [3.63, 3.8) is 0 Å². The summed E-state index contributed by atoms with van der Waals surface area (Å²) in [6.07, 6.45) is -9.98. The van der Waals surface area contributed by atoms with E-state index >= 15 is 0 Å². The van der Waals surface area contributed by atoms with Crippen molar-refractivity contribution in [2.45, 2.75) is 38.4 Å². The summed E-state index contributed by atoms with van der Waals surface area (Å²) in [6, 6.07) is 14.3. The van der Waals surface area contributed by atoms with Crippen molar-refractivity contribution in [2.75, 3.05) is 31.6 Å². The van der Waals surface area contributed by atoms with Crippen LogP contribution in [-0.2, 0) is 30.2 Å². The Morgan fingerprint density at radius 1 is 0.875 bits per heavy atom. The summed E-state index contributed by atoms with van der Waals surface area (Å²) in [5.74, 6) is -0.915. The Labute approximate surface area is 227 Å². The molecule has 40 heavy (non-hydrogen) atoms. The topological polar surface area (TPSA) is 26.8 Å². The summed E-state index contributed by atoms with van der Waals surface area (Å²) in [5, 5.41) is 0. The Bertz CT molecular complexity index is 1310. The van der Waals surface area contributed by atoms with Gasteiger partial charge in [-0.3, -0.25) is 9.69 Å². The minimum atomic E-state index is -4.99. The van der Waals surface area contributed by atoms with Crippen LogP contribution in [-0.4, -0.2) is 48.4 Å². The Hall–Kier alpha value is -3.60. The second kappa shape index (κ2) is 11.5. The van der Waals surface area contributed by atoms with E-state index in [0.29, 0.717) is 43.0 Å². The lowest BCUT2D eigenvalue weighted by atomic mass is 10.0. The van der Waals surface area contributed by atoms with Gasteiger partial charge in [-0.1, -0.05) is 30.3 Å². The first kappa shape index (κ1) is 29.4. The average Bonchev–Trinajstić information content (AvgIpc) is 2.88. The molecule has 11 heteroatoms. The quantitative estimate of drug-likeness (QED) is 0.318. The van der Waals surface area contributed by atoms with Gasteiger partial charge in [0.1, 0.15) is 11.9 Å². The third-order valence-electron chi connectivity index (χ3n) is 6.91. The van der Waals surface area contributed by atoms with Gasteiger partial charge in [-0.15, -0.1) is 0 Å². The van der Waals surface area contributed by atoms with Crippen LogP contribution in [0.3, 0.4) is 0 Å². The number of benzene rings is 3. The number of hydrogen-bond donors (Lipinski definition) is 0. The molecule has 1 heterocycles. The smallest absolute Gasteiger partial charge is 0.357 e. The highest BCUT2D eigenvalue weighted by Gasteiger charge is 2.38. The van der Waals surface area contributed by atoms with Gasteiger partial charge in [0.25, 0.3) is 0 Å². The molecule has 4 rings (SSSR count). The molecule has 1 amide bonds. The molecule has 0 aliphatic carbocycles. The largest absolute Gasteiger partial charge is 0.416 e. The van der Waals surface area contributed by atoms with E-state index in [4.69, 9.17) is 0 Å². The van der Waals surface area contributed by atoms with Gasteiger partial charge >= 0.3 is 12.4 Å². The average molecular weight is 568 g/mol. The third kappa shape index (κ3) is 6.93. The van der Waals surface area contributed by atoms with Crippen molar-refractivity contribution < 1.29 is 35.5 Å². The summed E-state index contributed by atoms with van der Waals surface area (Å²) in [6.45, 7) is 3.05. The standard InChI is InChI=1S/C29H28F7N3O/c1-19-12-24(30)8-9-25(19)39-11-10-38(17-20-6-4-3-5-7-20)18-26(39)27(40)37(2)16-21-13-22(28(31,32)33)15-23(14-21)29(34,35)36/h3-9,12-15,26H,10-11,16-18H2,1-2H3. The third-order valence-corrected chi connectivity index (χ3v) is 6.91. The molecule has 1 fully saturated rings. The molecule has 1 unspecified atom stereocenters. The van der Waals surface area contributed by atoms with Crippen LogP contribution in [0.25, 0.3) is 0 Å². The maximum Gasteiger partial charge on any atom is 0.416 e. The number of hydrogen-bond acceptors (Lipinski definition) is 3. The van der Waals surface area contributed by atoms with E-state index in [2.05, 4.69) is 4.90 Å². The zero-order chi connectivity index (χ0) is 29.2. The number of anilines is 1. The maximum absolute atomic E-state index is 13.8. The summed E-state index contributed by atoms with van der Waals surface area (Å²) >= 11 is 0. The normalized spacial score (nSPS) is 16.7. The molecule has 0 bridgehead atoms. The first-order valence-electron chi connectivity index (χ1n) is 12.5. The van der Waals surface area contributed by atoms with Crippen LogP contribution >= 0.6 is 0 Å². The van der Waals surface area contributed by atoms with Gasteiger partial charge in [-0.25, -0.2) is 4.39 Å². The summed E-state index contributed by atoms with van der Waals surface area (Å²) in [7, 11) is 1.35. The Balaban J connectivity index is 1.63. The fourth-order valence-corrected chi connectivity index (χ4v) is 4.98. The second-order valence-corrected chi connectivity index (χ2v) is 9.97. The van der Waals surface area contributed by atoms with Crippen LogP contribution in [0.5, 0.6) is 0 Å². The molecule has 214 valence electrons. The molecule has 1 aliphatic rings. The number of amides is 1. The molecule has 1 aliphatic heterocycles. The van der Waals surface area contributed by atoms with Crippen molar-refractivity contribution in [3.05, 3.63) is 100 Å². The van der Waals surface area contributed by atoms with E-state index in [1.165, 1.54) is 19.2 Å². The van der Waals surface area contributed by atoms with Crippen LogP contribution in [0, 0.1) is 12.7 Å². The Morgan fingerprint density at radius 3 is 2.08 bits per heavy atom. The molecule has 0 N–H and O–H groups in total. The van der Waals surface area contributed by atoms with Crippen LogP contribution in [0.1, 0.15) is 27.8 Å². The highest BCUT2D eigenvalue weighted by molar-refractivity contribution is 5.86. The number of rotatable bonds is 6. The molecule has 1 atom stereocenters.